The minimum Gasteiger partial charge on any atom is -0.348 e. The number of anilines is 1. The molecular formula is C38H46N10O3. The van der Waals surface area contributed by atoms with Gasteiger partial charge in [0.25, 0.3) is 5.91 Å². The van der Waals surface area contributed by atoms with Crippen molar-refractivity contribution in [2.75, 3.05) is 11.9 Å². The fraction of sp³-hybridized carbons (Fsp3) is 0.447. The van der Waals surface area contributed by atoms with Crippen LogP contribution in [0.1, 0.15) is 73.0 Å². The van der Waals surface area contributed by atoms with Crippen molar-refractivity contribution >= 4 is 23.4 Å². The number of nitrogens with zero attached hydrogens (tertiary/aromatic N) is 4. The number of rotatable bonds is 11. The molecule has 1 saturated carbocycles. The summed E-state index contributed by atoms with van der Waals surface area (Å²) >= 11 is 0. The van der Waals surface area contributed by atoms with Crippen molar-refractivity contribution in [1.29, 1.82) is 0 Å². The maximum absolute atomic E-state index is 13.7. The third-order valence-corrected chi connectivity index (χ3v) is 10.8. The number of fused-ring (bicyclic) bond motifs is 2. The van der Waals surface area contributed by atoms with Gasteiger partial charge in [-0.15, -0.1) is 10.2 Å². The number of hydrogen-bond donors (Lipinski definition) is 6. The number of pyridine rings is 1. The van der Waals surface area contributed by atoms with Gasteiger partial charge in [0.1, 0.15) is 11.7 Å². The normalized spacial score (nSPS) is 23.3. The second kappa shape index (κ2) is 15.5. The monoisotopic (exact) mass is 690 g/mol. The Bertz CT molecular complexity index is 1810. The first-order valence-corrected chi connectivity index (χ1v) is 18.1. The molecule has 7 rings (SSSR count). The Kier molecular flexibility index (Phi) is 10.5. The summed E-state index contributed by atoms with van der Waals surface area (Å²) in [7, 11) is 0. The number of amides is 3. The van der Waals surface area contributed by atoms with Crippen LogP contribution in [0.4, 0.5) is 5.69 Å². The smallest absolute Gasteiger partial charge is 0.270 e. The van der Waals surface area contributed by atoms with E-state index in [4.69, 9.17) is 5.73 Å². The van der Waals surface area contributed by atoms with Crippen LogP contribution in [0, 0.1) is 18.8 Å². The third-order valence-electron chi connectivity index (χ3n) is 10.8. The predicted molar refractivity (Wildman–Crippen MR) is 193 cm³/mol. The molecule has 0 spiro atoms. The highest BCUT2D eigenvalue weighted by Crippen LogP contribution is 2.30. The standard InChI is InChI=1S/C38H46N10O3/c1-22-16-33(37(50)43-31-18-29-14-15-30(19-31)41-29)40-21-32(22)25-6-2-23(3-7-25)17-34(44-36(49)27-8-4-24(20-39)5-9-27)38(51)42-28-12-10-26(11-13-28)35-45-47-48-46-35/h2-3,6-7,10-13,16,21,24,27,29-31,34,41H,4-5,8-9,14-15,17-20,39H2,1H3,(H,42,51)(H,43,50)(H,44,49)(H,45,46,47,48). The Morgan fingerprint density at radius 1 is 0.922 bits per heavy atom. The lowest BCUT2D eigenvalue weighted by molar-refractivity contribution is -0.130. The molecule has 3 unspecified atom stereocenters. The zero-order valence-corrected chi connectivity index (χ0v) is 28.9. The van der Waals surface area contributed by atoms with E-state index in [1.807, 2.05) is 37.3 Å². The molecule has 266 valence electrons. The van der Waals surface area contributed by atoms with Gasteiger partial charge in [0, 0.05) is 53.5 Å². The number of hydrogen-bond acceptors (Lipinski definition) is 9. The molecule has 2 saturated heterocycles. The van der Waals surface area contributed by atoms with E-state index in [1.54, 1.807) is 30.5 Å². The number of aryl methyl sites for hydroxylation is 1. The Hall–Kier alpha value is -5.01. The Balaban J connectivity index is 1.02. The molecular weight excluding hydrogens is 644 g/mol. The van der Waals surface area contributed by atoms with Crippen LogP contribution in [0.2, 0.25) is 0 Å². The molecule has 3 fully saturated rings. The second-order valence-corrected chi connectivity index (χ2v) is 14.4. The lowest BCUT2D eigenvalue weighted by Gasteiger charge is -2.29. The average Bonchev–Trinajstić information content (AvgIpc) is 3.81. The van der Waals surface area contributed by atoms with Crippen LogP contribution in [0.5, 0.6) is 0 Å². The number of carbonyl (C=O) groups is 3. The fourth-order valence-electron chi connectivity index (χ4n) is 7.85. The van der Waals surface area contributed by atoms with Gasteiger partial charge in [0.2, 0.25) is 17.6 Å². The topological polar surface area (TPSA) is 193 Å². The molecule has 13 nitrogen and oxygen atoms in total. The average molecular weight is 691 g/mol. The van der Waals surface area contributed by atoms with Crippen molar-refractivity contribution in [3.8, 4) is 22.5 Å². The third kappa shape index (κ3) is 8.32. The molecule has 2 aromatic carbocycles. The first kappa shape index (κ1) is 34.4. The largest absolute Gasteiger partial charge is 0.348 e. The summed E-state index contributed by atoms with van der Waals surface area (Å²) in [6.45, 7) is 2.62. The number of nitrogens with two attached hydrogens (primary N) is 1. The fourth-order valence-corrected chi connectivity index (χ4v) is 7.85. The first-order valence-electron chi connectivity index (χ1n) is 18.1. The summed E-state index contributed by atoms with van der Waals surface area (Å²) in [4.78, 5) is 44.7. The highest BCUT2D eigenvalue weighted by molar-refractivity contribution is 5.98. The van der Waals surface area contributed by atoms with Gasteiger partial charge in [-0.1, -0.05) is 24.3 Å². The molecule has 0 radical (unpaired) electrons. The Morgan fingerprint density at radius 2 is 1.63 bits per heavy atom. The van der Waals surface area contributed by atoms with E-state index in [-0.39, 0.29) is 29.7 Å². The molecule has 3 amide bonds. The highest BCUT2D eigenvalue weighted by Gasteiger charge is 2.34. The Labute approximate surface area is 297 Å². The lowest BCUT2D eigenvalue weighted by atomic mass is 9.81. The van der Waals surface area contributed by atoms with Crippen molar-refractivity contribution in [1.82, 2.24) is 41.6 Å². The van der Waals surface area contributed by atoms with Crippen LogP contribution in [0.25, 0.3) is 22.5 Å². The van der Waals surface area contributed by atoms with Gasteiger partial charge in [-0.2, -0.15) is 5.21 Å². The molecule has 1 aliphatic carbocycles. The molecule has 51 heavy (non-hydrogen) atoms. The number of H-pyrrole nitrogens is 1. The van der Waals surface area contributed by atoms with Crippen molar-refractivity contribution in [2.24, 2.45) is 17.6 Å². The van der Waals surface area contributed by atoms with Crippen molar-refractivity contribution in [3.63, 3.8) is 0 Å². The number of aromatic amines is 1. The molecule has 4 aromatic rings. The summed E-state index contributed by atoms with van der Waals surface area (Å²) in [6, 6.07) is 17.3. The molecule has 7 N–H and O–H groups in total. The van der Waals surface area contributed by atoms with E-state index in [9.17, 15) is 14.4 Å². The van der Waals surface area contributed by atoms with Gasteiger partial charge in [-0.25, -0.2) is 0 Å². The van der Waals surface area contributed by atoms with Crippen LogP contribution in [0.3, 0.4) is 0 Å². The van der Waals surface area contributed by atoms with E-state index in [2.05, 4.69) is 46.9 Å². The van der Waals surface area contributed by atoms with E-state index in [0.29, 0.717) is 48.2 Å². The molecule has 2 bridgehead atoms. The van der Waals surface area contributed by atoms with Gasteiger partial charge in [-0.3, -0.25) is 19.4 Å². The maximum atomic E-state index is 13.7. The van der Waals surface area contributed by atoms with Crippen LogP contribution in [0.15, 0.2) is 60.8 Å². The van der Waals surface area contributed by atoms with E-state index >= 15 is 0 Å². The number of nitrogens with one attached hydrogen (secondary N) is 5. The van der Waals surface area contributed by atoms with E-state index in [0.717, 1.165) is 66.3 Å². The molecule has 2 aliphatic heterocycles. The summed E-state index contributed by atoms with van der Waals surface area (Å²) in [6.07, 6.45) is 9.71. The highest BCUT2D eigenvalue weighted by atomic mass is 16.2. The number of aromatic nitrogens is 5. The second-order valence-electron chi connectivity index (χ2n) is 14.4. The molecule has 3 aliphatic rings. The van der Waals surface area contributed by atoms with Gasteiger partial charge in [0.05, 0.1) is 0 Å². The zero-order valence-electron chi connectivity index (χ0n) is 28.9. The summed E-state index contributed by atoms with van der Waals surface area (Å²) in [5.41, 5.74) is 11.4. The lowest BCUT2D eigenvalue weighted by Crippen LogP contribution is -2.48. The molecule has 13 heteroatoms. The van der Waals surface area contributed by atoms with Crippen molar-refractivity contribution < 1.29 is 14.4 Å². The number of carbonyl (C=O) groups excluding carboxylic acids is 3. The van der Waals surface area contributed by atoms with Crippen LogP contribution < -0.4 is 27.0 Å². The predicted octanol–water partition coefficient (Wildman–Crippen LogP) is 3.68. The summed E-state index contributed by atoms with van der Waals surface area (Å²) in [5.74, 6) is 0.221. The van der Waals surface area contributed by atoms with Gasteiger partial charge < -0.3 is 27.0 Å². The van der Waals surface area contributed by atoms with E-state index in [1.165, 1.54) is 12.8 Å². The van der Waals surface area contributed by atoms with Crippen LogP contribution >= 0.6 is 0 Å². The van der Waals surface area contributed by atoms with E-state index < -0.39 is 6.04 Å². The van der Waals surface area contributed by atoms with Gasteiger partial charge in [-0.05, 0) is 123 Å². The number of piperidine rings is 1. The first-order chi connectivity index (χ1) is 24.8. The van der Waals surface area contributed by atoms with Crippen LogP contribution in [-0.2, 0) is 16.0 Å². The van der Waals surface area contributed by atoms with Gasteiger partial charge in [0.15, 0.2) is 0 Å². The Morgan fingerprint density at radius 3 is 2.27 bits per heavy atom. The quantitative estimate of drug-likeness (QED) is 0.136. The molecule has 3 atom stereocenters. The van der Waals surface area contributed by atoms with Gasteiger partial charge >= 0.3 is 0 Å². The summed E-state index contributed by atoms with van der Waals surface area (Å²) < 4.78 is 0. The number of benzene rings is 2. The minimum absolute atomic E-state index is 0.104. The van der Waals surface area contributed by atoms with Crippen molar-refractivity contribution in [3.05, 3.63) is 77.6 Å². The van der Waals surface area contributed by atoms with Crippen molar-refractivity contribution in [2.45, 2.75) is 88.9 Å². The minimum atomic E-state index is -0.788. The molecule has 4 heterocycles. The maximum Gasteiger partial charge on any atom is 0.270 e. The number of tetrazole rings is 1. The zero-order chi connectivity index (χ0) is 35.3. The van der Waals surface area contributed by atoms with Crippen LogP contribution in [-0.4, -0.2) is 74.0 Å². The summed E-state index contributed by atoms with van der Waals surface area (Å²) in [5, 5.41) is 26.9. The SMILES string of the molecule is Cc1cc(C(=O)NC2CC3CCC(C2)N3)ncc1-c1ccc(CC(NC(=O)C2CCC(CN)CC2)C(=O)Nc2ccc(-c3nn[nH]n3)cc2)cc1. The molecule has 2 aromatic heterocycles.